The minimum Gasteiger partial charge on any atom is -0.315 e. The molecule has 72 valence electrons. The first kappa shape index (κ1) is 8.74. The van der Waals surface area contributed by atoms with Gasteiger partial charge in [-0.3, -0.25) is 10.1 Å². The Kier molecular flexibility index (Phi) is 1.77. The van der Waals surface area contributed by atoms with Gasteiger partial charge in [0.2, 0.25) is 0 Å². The van der Waals surface area contributed by atoms with Crippen molar-refractivity contribution in [3.05, 3.63) is 45.8 Å². The van der Waals surface area contributed by atoms with Crippen molar-refractivity contribution in [2.45, 2.75) is 13.8 Å². The van der Waals surface area contributed by atoms with Crippen LogP contribution in [0.5, 0.6) is 0 Å². The van der Waals surface area contributed by atoms with E-state index in [1.165, 1.54) is 0 Å². The maximum atomic E-state index is 10.7. The van der Waals surface area contributed by atoms with Crippen LogP contribution in [0.1, 0.15) is 11.3 Å². The van der Waals surface area contributed by atoms with E-state index in [4.69, 9.17) is 0 Å². The minimum absolute atomic E-state index is 0.160. The fourth-order valence-electron chi connectivity index (χ4n) is 1.64. The first-order valence-corrected chi connectivity index (χ1v) is 4.32. The topological polar surface area (TPSA) is 47.5 Å². The lowest BCUT2D eigenvalue weighted by atomic mass is 10.3. The highest BCUT2D eigenvalue weighted by Gasteiger charge is 2.12. The van der Waals surface area contributed by atoms with Crippen LogP contribution >= 0.6 is 0 Å². The fraction of sp³-hybridized carbons (Fsp3) is 0.200. The van der Waals surface area contributed by atoms with Gasteiger partial charge < -0.3 is 4.40 Å². The van der Waals surface area contributed by atoms with Crippen molar-refractivity contribution in [3.63, 3.8) is 0 Å². The molecule has 0 amide bonds. The maximum Gasteiger partial charge on any atom is 0.288 e. The highest BCUT2D eigenvalue weighted by molar-refractivity contribution is 5.56. The van der Waals surface area contributed by atoms with Crippen LogP contribution < -0.4 is 0 Å². The normalized spacial score (nSPS) is 10.7. The molecule has 0 spiro atoms. The van der Waals surface area contributed by atoms with Crippen LogP contribution in [0, 0.1) is 24.0 Å². The predicted octanol–water partition coefficient (Wildman–Crippen LogP) is 2.46. The van der Waals surface area contributed by atoms with E-state index in [0.29, 0.717) is 5.69 Å². The Bertz CT molecular complexity index is 514. The summed E-state index contributed by atoms with van der Waals surface area (Å²) in [6, 6.07) is 5.30. The molecule has 0 radical (unpaired) electrons. The van der Waals surface area contributed by atoms with Crippen LogP contribution in [-0.2, 0) is 0 Å². The van der Waals surface area contributed by atoms with E-state index in [1.807, 2.05) is 23.6 Å². The van der Waals surface area contributed by atoms with Crippen molar-refractivity contribution in [3.8, 4) is 0 Å². The van der Waals surface area contributed by atoms with Crippen LogP contribution in [0.15, 0.2) is 24.4 Å². The summed E-state index contributed by atoms with van der Waals surface area (Å²) in [6.07, 6.45) is 1.90. The molecule has 0 N–H and O–H groups in total. The zero-order valence-electron chi connectivity index (χ0n) is 8.02. The van der Waals surface area contributed by atoms with Crippen molar-refractivity contribution in [1.82, 2.24) is 4.40 Å². The number of aromatic nitrogens is 1. The Morgan fingerprint density at radius 3 is 2.71 bits per heavy atom. The number of nitrogens with zero attached hydrogens (tertiary/aromatic N) is 2. The quantitative estimate of drug-likeness (QED) is 0.512. The smallest absolute Gasteiger partial charge is 0.288 e. The first-order chi connectivity index (χ1) is 6.59. The van der Waals surface area contributed by atoms with Gasteiger partial charge in [-0.15, -0.1) is 0 Å². The van der Waals surface area contributed by atoms with Crippen LogP contribution in [0.25, 0.3) is 5.52 Å². The second-order valence-corrected chi connectivity index (χ2v) is 3.37. The molecule has 14 heavy (non-hydrogen) atoms. The zero-order chi connectivity index (χ0) is 10.3. The monoisotopic (exact) mass is 190 g/mol. The van der Waals surface area contributed by atoms with Gasteiger partial charge in [0.05, 0.1) is 10.6 Å². The molecule has 4 nitrogen and oxygen atoms in total. The van der Waals surface area contributed by atoms with E-state index in [1.54, 1.807) is 19.1 Å². The predicted molar refractivity (Wildman–Crippen MR) is 53.5 cm³/mol. The molecule has 0 atom stereocenters. The lowest BCUT2D eigenvalue weighted by Gasteiger charge is -2.00. The molecule has 2 heterocycles. The third kappa shape index (κ3) is 1.16. The molecule has 0 fully saturated rings. The minimum atomic E-state index is -0.357. The Balaban J connectivity index is 2.80. The van der Waals surface area contributed by atoms with Gasteiger partial charge in [-0.2, -0.15) is 0 Å². The second-order valence-electron chi connectivity index (χ2n) is 3.37. The van der Waals surface area contributed by atoms with E-state index < -0.39 is 0 Å². The van der Waals surface area contributed by atoms with Gasteiger partial charge in [0.1, 0.15) is 0 Å². The second kappa shape index (κ2) is 2.83. The SMILES string of the molecule is Cc1cc2ccc([N+](=O)[O-])c(C)n2c1. The fourth-order valence-corrected chi connectivity index (χ4v) is 1.64. The number of rotatable bonds is 1. The van der Waals surface area contributed by atoms with Crippen molar-refractivity contribution in [2.75, 3.05) is 0 Å². The maximum absolute atomic E-state index is 10.7. The average Bonchev–Trinajstić information content (AvgIpc) is 2.46. The van der Waals surface area contributed by atoms with Crippen molar-refractivity contribution < 1.29 is 4.92 Å². The number of nitro groups is 1. The van der Waals surface area contributed by atoms with E-state index in [0.717, 1.165) is 11.1 Å². The molecule has 2 aromatic rings. The average molecular weight is 190 g/mol. The number of aryl methyl sites for hydroxylation is 2. The lowest BCUT2D eigenvalue weighted by molar-refractivity contribution is -0.385. The van der Waals surface area contributed by atoms with Crippen LogP contribution in [0.3, 0.4) is 0 Å². The van der Waals surface area contributed by atoms with E-state index in [2.05, 4.69) is 0 Å². The van der Waals surface area contributed by atoms with Crippen molar-refractivity contribution in [1.29, 1.82) is 0 Å². The molecular formula is C10H10N2O2. The van der Waals surface area contributed by atoms with Crippen LogP contribution in [0.4, 0.5) is 5.69 Å². The molecule has 0 saturated heterocycles. The molecule has 4 heteroatoms. The zero-order valence-corrected chi connectivity index (χ0v) is 8.02. The molecule has 0 bridgehead atoms. The van der Waals surface area contributed by atoms with Crippen molar-refractivity contribution in [2.24, 2.45) is 0 Å². The molecule has 2 rings (SSSR count). The van der Waals surface area contributed by atoms with Gasteiger partial charge in [-0.1, -0.05) is 0 Å². The molecule has 0 saturated carbocycles. The largest absolute Gasteiger partial charge is 0.315 e. The van der Waals surface area contributed by atoms with Gasteiger partial charge in [0.15, 0.2) is 0 Å². The standard InChI is InChI=1S/C10H10N2O2/c1-7-5-9-3-4-10(12(13)14)8(2)11(9)6-7/h3-6H,1-2H3. The number of pyridine rings is 1. The van der Waals surface area contributed by atoms with Gasteiger partial charge in [0.25, 0.3) is 5.69 Å². The first-order valence-electron chi connectivity index (χ1n) is 4.32. The van der Waals surface area contributed by atoms with Gasteiger partial charge >= 0.3 is 0 Å². The molecule has 0 unspecified atom stereocenters. The van der Waals surface area contributed by atoms with E-state index in [-0.39, 0.29) is 10.6 Å². The van der Waals surface area contributed by atoms with E-state index >= 15 is 0 Å². The molecular weight excluding hydrogens is 180 g/mol. The van der Waals surface area contributed by atoms with E-state index in [9.17, 15) is 10.1 Å². The molecule has 0 aromatic carbocycles. The highest BCUT2D eigenvalue weighted by atomic mass is 16.6. The third-order valence-electron chi connectivity index (χ3n) is 2.33. The summed E-state index contributed by atoms with van der Waals surface area (Å²) in [7, 11) is 0. The molecule has 0 aliphatic rings. The molecule has 2 aromatic heterocycles. The Hall–Kier alpha value is -1.84. The number of hydrogen-bond donors (Lipinski definition) is 0. The van der Waals surface area contributed by atoms with Crippen LogP contribution in [0.2, 0.25) is 0 Å². The van der Waals surface area contributed by atoms with Crippen molar-refractivity contribution >= 4 is 11.2 Å². The molecule has 0 aliphatic heterocycles. The Labute approximate surface area is 80.9 Å². The van der Waals surface area contributed by atoms with Gasteiger partial charge in [-0.05, 0) is 31.5 Å². The summed E-state index contributed by atoms with van der Waals surface area (Å²) < 4.78 is 1.84. The third-order valence-corrected chi connectivity index (χ3v) is 2.33. The van der Waals surface area contributed by atoms with Gasteiger partial charge in [-0.25, -0.2) is 0 Å². The number of hydrogen-bond acceptors (Lipinski definition) is 2. The van der Waals surface area contributed by atoms with Gasteiger partial charge in [0, 0.05) is 17.8 Å². The molecule has 0 aliphatic carbocycles. The summed E-state index contributed by atoms with van der Waals surface area (Å²) in [4.78, 5) is 10.3. The summed E-state index contributed by atoms with van der Waals surface area (Å²) in [5, 5.41) is 10.7. The summed E-state index contributed by atoms with van der Waals surface area (Å²) >= 11 is 0. The Morgan fingerprint density at radius 1 is 1.36 bits per heavy atom. The number of fused-ring (bicyclic) bond motifs is 1. The van der Waals surface area contributed by atoms with Crippen LogP contribution in [-0.4, -0.2) is 9.32 Å². The lowest BCUT2D eigenvalue weighted by Crippen LogP contribution is -1.97. The summed E-state index contributed by atoms with van der Waals surface area (Å²) in [6.45, 7) is 3.73. The summed E-state index contributed by atoms with van der Waals surface area (Å²) in [5.41, 5.74) is 2.92. The highest BCUT2D eigenvalue weighted by Crippen LogP contribution is 2.21. The Morgan fingerprint density at radius 2 is 2.07 bits per heavy atom. The summed E-state index contributed by atoms with van der Waals surface area (Å²) in [5.74, 6) is 0.